The first kappa shape index (κ1) is 15.7. The lowest BCUT2D eigenvalue weighted by atomic mass is 10.2. The fourth-order valence-electron chi connectivity index (χ4n) is 1.98. The SMILES string of the molecule is O=C(Nc1ccc(Oc2ccc([N+](=O)[O-])cc2)cc1)c1ccsc1. The Kier molecular flexibility index (Phi) is 4.53. The molecular formula is C17H12N2O4S. The van der Waals surface area contributed by atoms with Crippen molar-refractivity contribution >= 4 is 28.6 Å². The number of anilines is 1. The number of carbonyl (C=O) groups excluding carboxylic acids is 1. The number of benzene rings is 2. The molecule has 0 fully saturated rings. The van der Waals surface area contributed by atoms with Crippen molar-refractivity contribution in [2.24, 2.45) is 0 Å². The maximum absolute atomic E-state index is 11.9. The van der Waals surface area contributed by atoms with Gasteiger partial charge in [-0.3, -0.25) is 14.9 Å². The molecule has 1 amide bonds. The lowest BCUT2D eigenvalue weighted by Gasteiger charge is -2.07. The molecule has 0 aliphatic heterocycles. The van der Waals surface area contributed by atoms with Crippen molar-refractivity contribution in [3.8, 4) is 11.5 Å². The molecule has 0 aliphatic carbocycles. The number of ether oxygens (including phenoxy) is 1. The number of amides is 1. The predicted octanol–water partition coefficient (Wildman–Crippen LogP) is 4.70. The molecule has 3 rings (SSSR count). The molecule has 7 heteroatoms. The lowest BCUT2D eigenvalue weighted by molar-refractivity contribution is -0.384. The van der Waals surface area contributed by atoms with Crippen molar-refractivity contribution < 1.29 is 14.5 Å². The fourth-order valence-corrected chi connectivity index (χ4v) is 2.61. The molecule has 3 aromatic rings. The summed E-state index contributed by atoms with van der Waals surface area (Å²) in [7, 11) is 0. The molecule has 0 bridgehead atoms. The molecule has 0 saturated heterocycles. The highest BCUT2D eigenvalue weighted by atomic mass is 32.1. The Balaban J connectivity index is 1.64. The van der Waals surface area contributed by atoms with Gasteiger partial charge in [0.2, 0.25) is 0 Å². The molecule has 6 nitrogen and oxygen atoms in total. The zero-order chi connectivity index (χ0) is 16.9. The van der Waals surface area contributed by atoms with Gasteiger partial charge in [-0.25, -0.2) is 0 Å². The quantitative estimate of drug-likeness (QED) is 0.539. The highest BCUT2D eigenvalue weighted by Crippen LogP contribution is 2.25. The molecule has 120 valence electrons. The van der Waals surface area contributed by atoms with Crippen LogP contribution in [0.15, 0.2) is 65.4 Å². The van der Waals surface area contributed by atoms with Crippen LogP contribution in [0, 0.1) is 10.1 Å². The average molecular weight is 340 g/mol. The number of hydrogen-bond acceptors (Lipinski definition) is 5. The number of nitro groups is 1. The summed E-state index contributed by atoms with van der Waals surface area (Å²) < 4.78 is 5.61. The van der Waals surface area contributed by atoms with Gasteiger partial charge in [0, 0.05) is 23.2 Å². The van der Waals surface area contributed by atoms with Crippen molar-refractivity contribution in [3.05, 3.63) is 81.0 Å². The van der Waals surface area contributed by atoms with E-state index < -0.39 is 4.92 Å². The summed E-state index contributed by atoms with van der Waals surface area (Å²) >= 11 is 1.46. The maximum atomic E-state index is 11.9. The zero-order valence-corrected chi connectivity index (χ0v) is 13.2. The molecule has 1 heterocycles. The summed E-state index contributed by atoms with van der Waals surface area (Å²) in [5.74, 6) is 0.897. The fraction of sp³-hybridized carbons (Fsp3) is 0. The van der Waals surface area contributed by atoms with Crippen LogP contribution in [-0.4, -0.2) is 10.8 Å². The second-order valence-corrected chi connectivity index (χ2v) is 5.62. The van der Waals surface area contributed by atoms with E-state index in [0.29, 0.717) is 22.7 Å². The first-order valence-corrected chi connectivity index (χ1v) is 7.92. The van der Waals surface area contributed by atoms with E-state index in [4.69, 9.17) is 4.74 Å². The third kappa shape index (κ3) is 3.76. The van der Waals surface area contributed by atoms with E-state index in [2.05, 4.69) is 5.32 Å². The monoisotopic (exact) mass is 340 g/mol. The van der Waals surface area contributed by atoms with Crippen LogP contribution >= 0.6 is 11.3 Å². The van der Waals surface area contributed by atoms with Crippen LogP contribution in [0.5, 0.6) is 11.5 Å². The summed E-state index contributed by atoms with van der Waals surface area (Å²) in [6.07, 6.45) is 0. The van der Waals surface area contributed by atoms with Gasteiger partial charge in [0.15, 0.2) is 0 Å². The van der Waals surface area contributed by atoms with Gasteiger partial charge in [-0.15, -0.1) is 0 Å². The molecule has 0 aliphatic rings. The van der Waals surface area contributed by atoms with Crippen LogP contribution < -0.4 is 10.1 Å². The van der Waals surface area contributed by atoms with E-state index in [1.54, 1.807) is 35.7 Å². The van der Waals surface area contributed by atoms with Gasteiger partial charge in [0.25, 0.3) is 11.6 Å². The Labute approximate surface area is 141 Å². The molecule has 2 aromatic carbocycles. The van der Waals surface area contributed by atoms with Gasteiger partial charge in [0.05, 0.1) is 10.5 Å². The van der Waals surface area contributed by atoms with Gasteiger partial charge in [0.1, 0.15) is 11.5 Å². The van der Waals surface area contributed by atoms with Crippen LogP contribution in [0.3, 0.4) is 0 Å². The minimum Gasteiger partial charge on any atom is -0.457 e. The molecular weight excluding hydrogens is 328 g/mol. The Bertz CT molecular complexity index is 843. The van der Waals surface area contributed by atoms with Crippen molar-refractivity contribution in [1.29, 1.82) is 0 Å². The lowest BCUT2D eigenvalue weighted by Crippen LogP contribution is -2.10. The summed E-state index contributed by atoms with van der Waals surface area (Å²) in [5, 5.41) is 17.0. The third-order valence-electron chi connectivity index (χ3n) is 3.18. The van der Waals surface area contributed by atoms with E-state index in [0.717, 1.165) is 0 Å². The largest absolute Gasteiger partial charge is 0.457 e. The maximum Gasteiger partial charge on any atom is 0.269 e. The third-order valence-corrected chi connectivity index (χ3v) is 3.86. The number of nitro benzene ring substituents is 1. The van der Waals surface area contributed by atoms with Crippen LogP contribution in [0.1, 0.15) is 10.4 Å². The molecule has 1 aromatic heterocycles. The first-order valence-electron chi connectivity index (χ1n) is 6.98. The van der Waals surface area contributed by atoms with Crippen LogP contribution in [-0.2, 0) is 0 Å². The summed E-state index contributed by atoms with van der Waals surface area (Å²) in [5.41, 5.74) is 1.28. The van der Waals surface area contributed by atoms with E-state index in [1.165, 1.54) is 35.6 Å². The number of non-ortho nitro benzene ring substituents is 1. The molecule has 0 atom stereocenters. The van der Waals surface area contributed by atoms with E-state index >= 15 is 0 Å². The van der Waals surface area contributed by atoms with Crippen LogP contribution in [0.4, 0.5) is 11.4 Å². The smallest absolute Gasteiger partial charge is 0.269 e. The number of hydrogen-bond donors (Lipinski definition) is 1. The topological polar surface area (TPSA) is 81.5 Å². The minimum absolute atomic E-state index is 0.00819. The molecule has 0 spiro atoms. The van der Waals surface area contributed by atoms with Crippen molar-refractivity contribution in [1.82, 2.24) is 0 Å². The van der Waals surface area contributed by atoms with Gasteiger partial charge in [-0.1, -0.05) is 0 Å². The van der Waals surface area contributed by atoms with E-state index in [9.17, 15) is 14.9 Å². The second kappa shape index (κ2) is 6.93. The number of carbonyl (C=O) groups is 1. The summed E-state index contributed by atoms with van der Waals surface area (Å²) in [6.45, 7) is 0. The van der Waals surface area contributed by atoms with Crippen molar-refractivity contribution in [2.75, 3.05) is 5.32 Å². The number of nitrogens with one attached hydrogen (secondary N) is 1. The van der Waals surface area contributed by atoms with Gasteiger partial charge < -0.3 is 10.1 Å². The summed E-state index contributed by atoms with van der Waals surface area (Å²) in [4.78, 5) is 22.1. The number of nitrogens with zero attached hydrogens (tertiary/aromatic N) is 1. The van der Waals surface area contributed by atoms with Gasteiger partial charge in [-0.2, -0.15) is 11.3 Å². The average Bonchev–Trinajstić information content (AvgIpc) is 3.12. The van der Waals surface area contributed by atoms with E-state index in [1.807, 2.05) is 5.38 Å². The van der Waals surface area contributed by atoms with Gasteiger partial charge in [-0.05, 0) is 47.8 Å². The highest BCUT2D eigenvalue weighted by Gasteiger charge is 2.07. The molecule has 0 unspecified atom stereocenters. The summed E-state index contributed by atoms with van der Waals surface area (Å²) in [6, 6.07) is 14.5. The first-order chi connectivity index (χ1) is 11.6. The second-order valence-electron chi connectivity index (χ2n) is 4.84. The predicted molar refractivity (Wildman–Crippen MR) is 91.9 cm³/mol. The molecule has 24 heavy (non-hydrogen) atoms. The van der Waals surface area contributed by atoms with Crippen LogP contribution in [0.25, 0.3) is 0 Å². The number of thiophene rings is 1. The molecule has 0 saturated carbocycles. The molecule has 0 radical (unpaired) electrons. The normalized spacial score (nSPS) is 10.2. The Hall–Kier alpha value is -3.19. The van der Waals surface area contributed by atoms with E-state index in [-0.39, 0.29) is 11.6 Å². The highest BCUT2D eigenvalue weighted by molar-refractivity contribution is 7.08. The minimum atomic E-state index is -0.464. The molecule has 1 N–H and O–H groups in total. The number of rotatable bonds is 5. The standard InChI is InChI=1S/C17H12N2O4S/c20-17(12-9-10-24-11-12)18-13-1-5-15(6-2-13)23-16-7-3-14(4-8-16)19(21)22/h1-11H,(H,18,20). The Morgan fingerprint density at radius 2 is 1.62 bits per heavy atom. The van der Waals surface area contributed by atoms with Crippen molar-refractivity contribution in [2.45, 2.75) is 0 Å². The zero-order valence-electron chi connectivity index (χ0n) is 12.3. The Morgan fingerprint density at radius 3 is 2.17 bits per heavy atom. The van der Waals surface area contributed by atoms with Crippen LogP contribution in [0.2, 0.25) is 0 Å². The Morgan fingerprint density at radius 1 is 1.00 bits per heavy atom. The van der Waals surface area contributed by atoms with Gasteiger partial charge >= 0.3 is 0 Å². The van der Waals surface area contributed by atoms with Crippen molar-refractivity contribution in [3.63, 3.8) is 0 Å².